The van der Waals surface area contributed by atoms with Crippen molar-refractivity contribution < 1.29 is 27.5 Å². The second kappa shape index (κ2) is 10.6. The molecule has 0 aliphatic carbocycles. The summed E-state index contributed by atoms with van der Waals surface area (Å²) in [6.07, 6.45) is -0.318. The number of nitrogens with one attached hydrogen (secondary N) is 1. The predicted octanol–water partition coefficient (Wildman–Crippen LogP) is 2.65. The Morgan fingerprint density at radius 2 is 1.79 bits per heavy atom. The molecule has 0 saturated carbocycles. The van der Waals surface area contributed by atoms with E-state index in [0.29, 0.717) is 0 Å². The van der Waals surface area contributed by atoms with E-state index in [9.17, 15) is 18.0 Å². The fourth-order valence-electron chi connectivity index (χ4n) is 3.74. The van der Waals surface area contributed by atoms with Gasteiger partial charge >= 0.3 is 5.97 Å². The van der Waals surface area contributed by atoms with E-state index in [-0.39, 0.29) is 47.2 Å². The summed E-state index contributed by atoms with van der Waals surface area (Å²) in [5, 5.41) is 2.65. The number of carbonyl (C=O) groups excluding carboxylic acids is 2. The van der Waals surface area contributed by atoms with Crippen molar-refractivity contribution in [2.45, 2.75) is 43.4 Å². The summed E-state index contributed by atoms with van der Waals surface area (Å²) in [5.41, 5.74) is 0.900. The van der Waals surface area contributed by atoms with Gasteiger partial charge < -0.3 is 14.8 Å². The fourth-order valence-corrected chi connectivity index (χ4v) is 5.83. The van der Waals surface area contributed by atoms with Crippen molar-refractivity contribution in [2.75, 3.05) is 20.2 Å². The van der Waals surface area contributed by atoms with E-state index < -0.39 is 27.9 Å². The fraction of sp³-hybridized carbons (Fsp3) is 0.391. The number of hydrogen-bond donors (Lipinski definition) is 1. The molecular formula is C23H27ClN2O6S. The SMILES string of the molecule is COC(=O)[C@H](Cc1ccccc1)NC(=O)c1ccc(Cl)c(S(=O)(=O)N2C[C@@H](C)O[C@H](C)C2)c1. The number of benzene rings is 2. The zero-order chi connectivity index (χ0) is 24.2. The van der Waals surface area contributed by atoms with Gasteiger partial charge in [0.15, 0.2) is 0 Å². The molecule has 1 N–H and O–H groups in total. The molecule has 33 heavy (non-hydrogen) atoms. The molecule has 178 valence electrons. The lowest BCUT2D eigenvalue weighted by Gasteiger charge is -2.34. The molecule has 0 spiro atoms. The van der Waals surface area contributed by atoms with Crippen LogP contribution in [0.3, 0.4) is 0 Å². The smallest absolute Gasteiger partial charge is 0.328 e. The van der Waals surface area contributed by atoms with Crippen LogP contribution < -0.4 is 5.32 Å². The zero-order valence-corrected chi connectivity index (χ0v) is 20.2. The molecule has 0 bridgehead atoms. The molecule has 1 amide bonds. The van der Waals surface area contributed by atoms with Crippen molar-refractivity contribution in [1.82, 2.24) is 9.62 Å². The molecule has 1 heterocycles. The molecular weight excluding hydrogens is 468 g/mol. The number of methoxy groups -OCH3 is 1. The second-order valence-corrected chi connectivity index (χ2v) is 10.3. The lowest BCUT2D eigenvalue weighted by Crippen LogP contribution is -2.48. The highest BCUT2D eigenvalue weighted by molar-refractivity contribution is 7.89. The van der Waals surface area contributed by atoms with E-state index >= 15 is 0 Å². The van der Waals surface area contributed by atoms with Crippen LogP contribution in [-0.4, -0.2) is 63.0 Å². The molecule has 1 fully saturated rings. The third-order valence-corrected chi connectivity index (χ3v) is 7.58. The number of halogens is 1. The number of rotatable bonds is 7. The van der Waals surface area contributed by atoms with Crippen molar-refractivity contribution in [3.8, 4) is 0 Å². The maximum atomic E-state index is 13.3. The summed E-state index contributed by atoms with van der Waals surface area (Å²) >= 11 is 6.22. The quantitative estimate of drug-likeness (QED) is 0.594. The van der Waals surface area contributed by atoms with Crippen LogP contribution in [0, 0.1) is 0 Å². The number of nitrogens with zero attached hydrogens (tertiary/aromatic N) is 1. The topological polar surface area (TPSA) is 102 Å². The van der Waals surface area contributed by atoms with Crippen molar-refractivity contribution in [2.24, 2.45) is 0 Å². The first-order chi connectivity index (χ1) is 15.6. The lowest BCUT2D eigenvalue weighted by molar-refractivity contribution is -0.142. The minimum Gasteiger partial charge on any atom is -0.467 e. The van der Waals surface area contributed by atoms with E-state index in [2.05, 4.69) is 5.32 Å². The average Bonchev–Trinajstić information content (AvgIpc) is 2.78. The van der Waals surface area contributed by atoms with Crippen LogP contribution in [0.15, 0.2) is 53.4 Å². The summed E-state index contributed by atoms with van der Waals surface area (Å²) in [7, 11) is -2.72. The van der Waals surface area contributed by atoms with E-state index in [0.717, 1.165) is 5.56 Å². The highest BCUT2D eigenvalue weighted by atomic mass is 35.5. The van der Waals surface area contributed by atoms with Gasteiger partial charge in [-0.3, -0.25) is 4.79 Å². The van der Waals surface area contributed by atoms with E-state index in [1.54, 1.807) is 13.8 Å². The molecule has 2 aromatic rings. The molecule has 8 nitrogen and oxygen atoms in total. The monoisotopic (exact) mass is 494 g/mol. The van der Waals surface area contributed by atoms with Gasteiger partial charge in [0.2, 0.25) is 10.0 Å². The molecule has 3 rings (SSSR count). The minimum atomic E-state index is -3.96. The minimum absolute atomic E-state index is 0.00662. The first-order valence-electron chi connectivity index (χ1n) is 10.5. The highest BCUT2D eigenvalue weighted by Crippen LogP contribution is 2.28. The van der Waals surface area contributed by atoms with Gasteiger partial charge in [-0.2, -0.15) is 4.31 Å². The van der Waals surface area contributed by atoms with Gasteiger partial charge in [-0.05, 0) is 37.6 Å². The van der Waals surface area contributed by atoms with Crippen LogP contribution in [0.5, 0.6) is 0 Å². The molecule has 3 atom stereocenters. The molecule has 1 aliphatic heterocycles. The van der Waals surface area contributed by atoms with Crippen molar-refractivity contribution in [3.05, 3.63) is 64.7 Å². The molecule has 2 aromatic carbocycles. The Morgan fingerprint density at radius 1 is 1.15 bits per heavy atom. The number of esters is 1. The molecule has 0 unspecified atom stereocenters. The van der Waals surface area contributed by atoms with Crippen LogP contribution in [0.4, 0.5) is 0 Å². The number of morpholine rings is 1. The Balaban J connectivity index is 1.85. The second-order valence-electron chi connectivity index (χ2n) is 7.96. The number of amides is 1. The Hall–Kier alpha value is -2.46. The van der Waals surface area contributed by atoms with Gasteiger partial charge in [0.1, 0.15) is 10.9 Å². The van der Waals surface area contributed by atoms with Crippen molar-refractivity contribution in [1.29, 1.82) is 0 Å². The van der Waals surface area contributed by atoms with Gasteiger partial charge in [-0.25, -0.2) is 13.2 Å². The predicted molar refractivity (Wildman–Crippen MR) is 124 cm³/mol. The standard InChI is InChI=1S/C23H27ClN2O6S/c1-15-13-26(14-16(2)32-15)33(29,30)21-12-18(9-10-19(21)24)22(27)25-20(23(28)31-3)11-17-7-5-4-6-8-17/h4-10,12,15-16,20H,11,13-14H2,1-3H3,(H,25,27)/t15-,16-,20+/m1/s1. The van der Waals surface area contributed by atoms with E-state index in [1.807, 2.05) is 30.3 Å². The maximum Gasteiger partial charge on any atom is 0.328 e. The van der Waals surface area contributed by atoms with Crippen LogP contribution in [0.2, 0.25) is 5.02 Å². The maximum absolute atomic E-state index is 13.3. The number of ether oxygens (including phenoxy) is 2. The summed E-state index contributed by atoms with van der Waals surface area (Å²) < 4.78 is 38.3. The molecule has 0 radical (unpaired) electrons. The van der Waals surface area contributed by atoms with Crippen LogP contribution in [0.25, 0.3) is 0 Å². The number of hydrogen-bond acceptors (Lipinski definition) is 6. The first kappa shape index (κ1) is 25.2. The third kappa shape index (κ3) is 6.11. The van der Waals surface area contributed by atoms with Gasteiger partial charge in [-0.1, -0.05) is 41.9 Å². The van der Waals surface area contributed by atoms with Crippen LogP contribution in [0.1, 0.15) is 29.8 Å². The molecule has 1 saturated heterocycles. The molecule has 10 heteroatoms. The highest BCUT2D eigenvalue weighted by Gasteiger charge is 2.34. The average molecular weight is 495 g/mol. The van der Waals surface area contributed by atoms with Crippen LogP contribution >= 0.6 is 11.6 Å². The lowest BCUT2D eigenvalue weighted by atomic mass is 10.1. The Kier molecular flexibility index (Phi) is 8.12. The summed E-state index contributed by atoms with van der Waals surface area (Å²) in [6.45, 7) is 3.95. The van der Waals surface area contributed by atoms with Gasteiger partial charge in [0.05, 0.1) is 24.3 Å². The summed E-state index contributed by atoms with van der Waals surface area (Å²) in [4.78, 5) is 25.0. The third-order valence-electron chi connectivity index (χ3n) is 5.27. The van der Waals surface area contributed by atoms with Gasteiger partial charge in [0.25, 0.3) is 5.91 Å². The number of sulfonamides is 1. The van der Waals surface area contributed by atoms with E-state index in [1.165, 1.54) is 29.6 Å². The van der Waals surface area contributed by atoms with Gasteiger partial charge in [0, 0.05) is 25.1 Å². The zero-order valence-electron chi connectivity index (χ0n) is 18.7. The summed E-state index contributed by atoms with van der Waals surface area (Å²) in [5.74, 6) is -1.22. The Bertz CT molecular complexity index is 1100. The van der Waals surface area contributed by atoms with Crippen molar-refractivity contribution >= 4 is 33.5 Å². The van der Waals surface area contributed by atoms with Crippen LogP contribution in [-0.2, 0) is 30.7 Å². The van der Waals surface area contributed by atoms with Gasteiger partial charge in [-0.15, -0.1) is 0 Å². The molecule has 0 aromatic heterocycles. The Labute approximate surface area is 198 Å². The molecule has 1 aliphatic rings. The Morgan fingerprint density at radius 3 is 2.39 bits per heavy atom. The largest absolute Gasteiger partial charge is 0.467 e. The van der Waals surface area contributed by atoms with Crippen molar-refractivity contribution in [3.63, 3.8) is 0 Å². The normalized spacial score (nSPS) is 20.1. The van der Waals surface area contributed by atoms with E-state index in [4.69, 9.17) is 21.1 Å². The first-order valence-corrected chi connectivity index (χ1v) is 12.3. The summed E-state index contributed by atoms with van der Waals surface area (Å²) in [6, 6.07) is 12.2. The number of carbonyl (C=O) groups is 2.